The van der Waals surface area contributed by atoms with Crippen LogP contribution in [-0.2, 0) is 0 Å². The summed E-state index contributed by atoms with van der Waals surface area (Å²) in [6.07, 6.45) is 3.27. The summed E-state index contributed by atoms with van der Waals surface area (Å²) in [5.74, 6) is -0.373. The van der Waals surface area contributed by atoms with E-state index in [0.29, 0.717) is 11.3 Å². The Bertz CT molecular complexity index is 1150. The highest BCUT2D eigenvalue weighted by Crippen LogP contribution is 2.37. The minimum absolute atomic E-state index is 0.273. The van der Waals surface area contributed by atoms with Gasteiger partial charge in [-0.2, -0.15) is 4.98 Å². The number of halogens is 1. The summed E-state index contributed by atoms with van der Waals surface area (Å²) < 4.78 is 14.6. The molecule has 0 spiro atoms. The van der Waals surface area contributed by atoms with Crippen molar-refractivity contribution in [3.8, 4) is 21.7 Å². The van der Waals surface area contributed by atoms with Gasteiger partial charge in [-0.25, -0.2) is 18.4 Å². The molecular formula is C16H9FN4O2S. The van der Waals surface area contributed by atoms with Crippen LogP contribution in [-0.4, -0.2) is 19.4 Å². The molecule has 0 unspecified atom stereocenters. The SMILES string of the molecule is O=c1nc2sc(-c3ccncc3)c(-c3ccc(F)cc3)n2c(=O)[nH]1. The van der Waals surface area contributed by atoms with Crippen molar-refractivity contribution in [2.45, 2.75) is 0 Å². The van der Waals surface area contributed by atoms with E-state index in [9.17, 15) is 14.0 Å². The van der Waals surface area contributed by atoms with Crippen molar-refractivity contribution in [3.05, 3.63) is 75.6 Å². The van der Waals surface area contributed by atoms with Crippen LogP contribution in [0.15, 0.2) is 58.4 Å². The summed E-state index contributed by atoms with van der Waals surface area (Å²) in [5, 5.41) is 0. The van der Waals surface area contributed by atoms with Crippen LogP contribution in [0.25, 0.3) is 26.7 Å². The van der Waals surface area contributed by atoms with Crippen molar-refractivity contribution in [2.24, 2.45) is 0 Å². The second-order valence-corrected chi connectivity index (χ2v) is 5.97. The monoisotopic (exact) mass is 340 g/mol. The van der Waals surface area contributed by atoms with E-state index in [-0.39, 0.29) is 10.8 Å². The molecule has 0 bridgehead atoms. The van der Waals surface area contributed by atoms with Crippen LogP contribution in [0.4, 0.5) is 4.39 Å². The van der Waals surface area contributed by atoms with Gasteiger partial charge >= 0.3 is 11.4 Å². The van der Waals surface area contributed by atoms with Gasteiger partial charge in [-0.3, -0.25) is 9.97 Å². The molecule has 4 rings (SSSR count). The molecule has 8 heteroatoms. The van der Waals surface area contributed by atoms with Gasteiger partial charge in [-0.15, -0.1) is 0 Å². The first kappa shape index (κ1) is 14.5. The molecule has 1 N–H and O–H groups in total. The van der Waals surface area contributed by atoms with E-state index >= 15 is 0 Å². The molecule has 0 radical (unpaired) electrons. The molecule has 0 aliphatic rings. The number of nitrogens with one attached hydrogen (secondary N) is 1. The molecule has 0 amide bonds. The van der Waals surface area contributed by atoms with Crippen LogP contribution in [0, 0.1) is 5.82 Å². The summed E-state index contributed by atoms with van der Waals surface area (Å²) >= 11 is 1.21. The molecule has 4 aromatic rings. The Morgan fingerprint density at radius 3 is 2.42 bits per heavy atom. The first-order valence-corrected chi connectivity index (χ1v) is 7.77. The zero-order valence-corrected chi connectivity index (χ0v) is 12.9. The number of hydrogen-bond donors (Lipinski definition) is 1. The average molecular weight is 340 g/mol. The van der Waals surface area contributed by atoms with Crippen LogP contribution in [0.2, 0.25) is 0 Å². The number of nitrogens with zero attached hydrogens (tertiary/aromatic N) is 3. The van der Waals surface area contributed by atoms with Crippen molar-refractivity contribution in [1.82, 2.24) is 19.4 Å². The number of hydrogen-bond acceptors (Lipinski definition) is 5. The van der Waals surface area contributed by atoms with Gasteiger partial charge < -0.3 is 0 Å². The molecular weight excluding hydrogens is 331 g/mol. The fourth-order valence-corrected chi connectivity index (χ4v) is 3.61. The minimum Gasteiger partial charge on any atom is -0.265 e. The van der Waals surface area contributed by atoms with Crippen LogP contribution < -0.4 is 11.4 Å². The summed E-state index contributed by atoms with van der Waals surface area (Å²) in [7, 11) is 0. The molecule has 0 saturated carbocycles. The molecule has 3 aromatic heterocycles. The molecule has 24 heavy (non-hydrogen) atoms. The lowest BCUT2D eigenvalue weighted by Gasteiger charge is -2.05. The van der Waals surface area contributed by atoms with Gasteiger partial charge in [0.15, 0.2) is 0 Å². The molecule has 0 saturated heterocycles. The summed E-state index contributed by atoms with van der Waals surface area (Å²) in [6, 6.07) is 9.39. The maximum Gasteiger partial charge on any atom is 0.351 e. The van der Waals surface area contributed by atoms with Crippen LogP contribution in [0.3, 0.4) is 0 Å². The van der Waals surface area contributed by atoms with Gasteiger partial charge in [0, 0.05) is 18.0 Å². The van der Waals surface area contributed by atoms with Gasteiger partial charge in [0.1, 0.15) is 5.82 Å². The van der Waals surface area contributed by atoms with E-state index in [0.717, 1.165) is 10.4 Å². The van der Waals surface area contributed by atoms with Gasteiger partial charge in [0.25, 0.3) is 0 Å². The maximum atomic E-state index is 13.3. The zero-order valence-electron chi connectivity index (χ0n) is 12.1. The van der Waals surface area contributed by atoms with Crippen molar-refractivity contribution >= 4 is 16.3 Å². The summed E-state index contributed by atoms with van der Waals surface area (Å²) in [4.78, 5) is 34.8. The number of aromatic nitrogens is 4. The van der Waals surface area contributed by atoms with E-state index in [4.69, 9.17) is 0 Å². The lowest BCUT2D eigenvalue weighted by Crippen LogP contribution is -2.27. The number of thiazole rings is 1. The Kier molecular flexibility index (Phi) is 3.31. The lowest BCUT2D eigenvalue weighted by molar-refractivity contribution is 0.628. The fraction of sp³-hybridized carbons (Fsp3) is 0. The minimum atomic E-state index is -0.701. The van der Waals surface area contributed by atoms with Crippen LogP contribution in [0.1, 0.15) is 0 Å². The number of rotatable bonds is 2. The topological polar surface area (TPSA) is 80.1 Å². The lowest BCUT2D eigenvalue weighted by atomic mass is 10.1. The molecule has 1 aromatic carbocycles. The highest BCUT2D eigenvalue weighted by Gasteiger charge is 2.18. The highest BCUT2D eigenvalue weighted by molar-refractivity contribution is 7.20. The largest absolute Gasteiger partial charge is 0.351 e. The predicted molar refractivity (Wildman–Crippen MR) is 88.6 cm³/mol. The molecule has 6 nitrogen and oxygen atoms in total. The quantitative estimate of drug-likeness (QED) is 0.607. The van der Waals surface area contributed by atoms with E-state index in [1.165, 1.54) is 27.9 Å². The molecule has 0 aliphatic carbocycles. The molecule has 0 atom stereocenters. The smallest absolute Gasteiger partial charge is 0.265 e. The second kappa shape index (κ2) is 5.50. The fourth-order valence-electron chi connectivity index (χ4n) is 2.47. The van der Waals surface area contributed by atoms with Crippen molar-refractivity contribution < 1.29 is 4.39 Å². The first-order valence-electron chi connectivity index (χ1n) is 6.96. The maximum absolute atomic E-state index is 13.3. The molecule has 0 fully saturated rings. The summed E-state index contributed by atoms with van der Waals surface area (Å²) in [5.41, 5.74) is 0.737. The standard InChI is InChI=1S/C16H9FN4O2S/c17-11-3-1-9(2-4-11)12-13(10-5-7-18-8-6-10)24-16-20-14(22)19-15(23)21(12)16/h1-8H,(H,19,22,23). The molecule has 118 valence electrons. The third kappa shape index (κ3) is 2.33. The van der Waals surface area contributed by atoms with Crippen LogP contribution in [0.5, 0.6) is 0 Å². The molecule has 0 aliphatic heterocycles. The Labute approximate surface area is 137 Å². The van der Waals surface area contributed by atoms with Gasteiger partial charge in [0.05, 0.1) is 10.6 Å². The normalized spacial score (nSPS) is 11.0. The van der Waals surface area contributed by atoms with E-state index in [1.807, 2.05) is 0 Å². The predicted octanol–water partition coefficient (Wildman–Crippen LogP) is 2.31. The number of benzene rings is 1. The Morgan fingerprint density at radius 1 is 1.00 bits per heavy atom. The second-order valence-electron chi connectivity index (χ2n) is 4.99. The van der Waals surface area contributed by atoms with E-state index < -0.39 is 11.4 Å². The number of H-pyrrole nitrogens is 1. The average Bonchev–Trinajstić information content (AvgIpc) is 2.96. The Morgan fingerprint density at radius 2 is 1.71 bits per heavy atom. The number of fused-ring (bicyclic) bond motifs is 1. The first-order chi connectivity index (χ1) is 11.6. The van der Waals surface area contributed by atoms with Crippen LogP contribution >= 0.6 is 11.3 Å². The van der Waals surface area contributed by atoms with Gasteiger partial charge in [-0.1, -0.05) is 11.3 Å². The highest BCUT2D eigenvalue weighted by atomic mass is 32.1. The van der Waals surface area contributed by atoms with Gasteiger partial charge in [0.2, 0.25) is 4.96 Å². The van der Waals surface area contributed by atoms with Gasteiger partial charge in [-0.05, 0) is 42.0 Å². The van der Waals surface area contributed by atoms with Crippen molar-refractivity contribution in [1.29, 1.82) is 0 Å². The third-order valence-corrected chi connectivity index (χ3v) is 4.59. The van der Waals surface area contributed by atoms with Crippen molar-refractivity contribution in [2.75, 3.05) is 0 Å². The van der Waals surface area contributed by atoms with Crippen molar-refractivity contribution in [3.63, 3.8) is 0 Å². The summed E-state index contributed by atoms with van der Waals surface area (Å²) in [6.45, 7) is 0. The van der Waals surface area contributed by atoms with E-state index in [1.54, 1.807) is 36.7 Å². The molecule has 3 heterocycles. The Hall–Kier alpha value is -3.13. The number of aromatic amines is 1. The van der Waals surface area contributed by atoms with E-state index in [2.05, 4.69) is 15.0 Å². The number of pyridine rings is 1. The third-order valence-electron chi connectivity index (χ3n) is 3.50. The Balaban J connectivity index is 2.14. The zero-order chi connectivity index (χ0) is 16.7.